The van der Waals surface area contributed by atoms with Crippen LogP contribution in [0.1, 0.15) is 31.1 Å². The maximum atomic E-state index is 12.6. The molecule has 0 unspecified atom stereocenters. The van der Waals surface area contributed by atoms with Crippen LogP contribution in [0.5, 0.6) is 5.75 Å². The molecule has 2 amide bonds. The molecule has 3 rings (SSSR count). The molecule has 0 aromatic heterocycles. The van der Waals surface area contributed by atoms with Crippen LogP contribution < -0.4 is 15.0 Å². The van der Waals surface area contributed by atoms with Crippen LogP contribution in [-0.2, 0) is 4.79 Å². The number of hydrogen-bond acceptors (Lipinski definition) is 6. The molecule has 10 heteroatoms. The van der Waals surface area contributed by atoms with E-state index in [0.717, 1.165) is 5.69 Å². The van der Waals surface area contributed by atoms with E-state index in [4.69, 9.17) is 16.3 Å². The third-order valence-electron chi connectivity index (χ3n) is 5.35. The number of nitro groups is 1. The number of ether oxygens (including phenoxy) is 1. The Kier molecular flexibility index (Phi) is 7.75. The number of halogens is 1. The summed E-state index contributed by atoms with van der Waals surface area (Å²) in [6.45, 7) is 8.38. The molecule has 9 nitrogen and oxygen atoms in total. The number of rotatable bonds is 7. The SMILES string of the molecule is CCOc1ccc(C(=O)Nc2ccc(N3CCN(C(=O)C(C)C)CC3)c(Cl)c2)cc1[N+](=O)[O-]. The van der Waals surface area contributed by atoms with E-state index in [-0.39, 0.29) is 35.4 Å². The Bertz CT molecular complexity index is 1050. The fourth-order valence-electron chi connectivity index (χ4n) is 3.66. The van der Waals surface area contributed by atoms with E-state index >= 15 is 0 Å². The van der Waals surface area contributed by atoms with Crippen molar-refractivity contribution < 1.29 is 19.2 Å². The van der Waals surface area contributed by atoms with Crippen molar-refractivity contribution in [1.82, 2.24) is 4.90 Å². The summed E-state index contributed by atoms with van der Waals surface area (Å²) >= 11 is 6.48. The molecular weight excluding hydrogens is 448 g/mol. The fraction of sp³-hybridized carbons (Fsp3) is 0.391. The molecule has 1 heterocycles. The quantitative estimate of drug-likeness (QED) is 0.476. The number of amides is 2. The topological polar surface area (TPSA) is 105 Å². The number of carbonyl (C=O) groups excluding carboxylic acids is 2. The van der Waals surface area contributed by atoms with Crippen LogP contribution in [-0.4, -0.2) is 54.4 Å². The highest BCUT2D eigenvalue weighted by molar-refractivity contribution is 6.33. The average molecular weight is 475 g/mol. The normalized spacial score (nSPS) is 13.7. The standard InChI is InChI=1S/C23H27ClN4O5/c1-4-33-21-8-5-16(13-20(21)28(31)32)22(29)25-17-6-7-19(18(24)14-17)26-9-11-27(12-10-26)23(30)15(2)3/h5-8,13-15H,4,9-12H2,1-3H3,(H,25,29). The average Bonchev–Trinajstić information content (AvgIpc) is 2.79. The molecule has 1 aliphatic rings. The van der Waals surface area contributed by atoms with Crippen molar-refractivity contribution in [2.75, 3.05) is 43.0 Å². The predicted octanol–water partition coefficient (Wildman–Crippen LogP) is 4.20. The summed E-state index contributed by atoms with van der Waals surface area (Å²) in [7, 11) is 0. The van der Waals surface area contributed by atoms with Gasteiger partial charge in [-0.05, 0) is 37.3 Å². The minimum atomic E-state index is -0.581. The zero-order chi connectivity index (χ0) is 24.1. The van der Waals surface area contributed by atoms with Crippen LogP contribution in [0.25, 0.3) is 0 Å². The summed E-state index contributed by atoms with van der Waals surface area (Å²) in [5, 5.41) is 14.5. The van der Waals surface area contributed by atoms with Crippen LogP contribution in [0.4, 0.5) is 17.1 Å². The molecule has 2 aromatic carbocycles. The highest BCUT2D eigenvalue weighted by Crippen LogP contribution is 2.31. The number of carbonyl (C=O) groups is 2. The summed E-state index contributed by atoms with van der Waals surface area (Å²) < 4.78 is 5.25. The van der Waals surface area contributed by atoms with Gasteiger partial charge in [0.05, 0.1) is 22.2 Å². The van der Waals surface area contributed by atoms with E-state index in [2.05, 4.69) is 10.2 Å². The van der Waals surface area contributed by atoms with Gasteiger partial charge in [0.1, 0.15) is 0 Å². The first-order valence-electron chi connectivity index (χ1n) is 10.8. The lowest BCUT2D eigenvalue weighted by Crippen LogP contribution is -2.50. The molecule has 33 heavy (non-hydrogen) atoms. The van der Waals surface area contributed by atoms with Crippen LogP contribution in [0.3, 0.4) is 0 Å². The van der Waals surface area contributed by atoms with Crippen molar-refractivity contribution in [2.45, 2.75) is 20.8 Å². The van der Waals surface area contributed by atoms with Gasteiger partial charge in [-0.15, -0.1) is 0 Å². The van der Waals surface area contributed by atoms with Crippen molar-refractivity contribution in [2.24, 2.45) is 5.92 Å². The van der Waals surface area contributed by atoms with E-state index < -0.39 is 10.8 Å². The van der Waals surface area contributed by atoms with Crippen LogP contribution in [0.2, 0.25) is 5.02 Å². The summed E-state index contributed by atoms with van der Waals surface area (Å²) in [5.41, 5.74) is 1.16. The molecule has 0 spiro atoms. The minimum absolute atomic E-state index is 0.0279. The smallest absolute Gasteiger partial charge is 0.311 e. The van der Waals surface area contributed by atoms with Crippen molar-refractivity contribution in [3.8, 4) is 5.75 Å². The highest BCUT2D eigenvalue weighted by Gasteiger charge is 2.24. The molecule has 0 bridgehead atoms. The van der Waals surface area contributed by atoms with Crippen LogP contribution >= 0.6 is 11.6 Å². The number of nitrogens with one attached hydrogen (secondary N) is 1. The van der Waals surface area contributed by atoms with Gasteiger partial charge in [0.25, 0.3) is 5.91 Å². The van der Waals surface area contributed by atoms with E-state index in [0.29, 0.717) is 36.9 Å². The number of anilines is 2. The number of nitrogens with zero attached hydrogens (tertiary/aromatic N) is 3. The second-order valence-corrected chi connectivity index (χ2v) is 8.37. The Hall–Kier alpha value is -3.33. The number of nitro benzene ring substituents is 1. The maximum Gasteiger partial charge on any atom is 0.311 e. The molecular formula is C23H27ClN4O5. The molecule has 1 saturated heterocycles. The van der Waals surface area contributed by atoms with Gasteiger partial charge in [-0.25, -0.2) is 0 Å². The van der Waals surface area contributed by atoms with Gasteiger partial charge < -0.3 is 19.9 Å². The van der Waals surface area contributed by atoms with Gasteiger partial charge in [-0.2, -0.15) is 0 Å². The molecule has 0 atom stereocenters. The molecule has 1 fully saturated rings. The van der Waals surface area contributed by atoms with Crippen LogP contribution in [0, 0.1) is 16.0 Å². The van der Waals surface area contributed by atoms with Gasteiger partial charge in [-0.1, -0.05) is 25.4 Å². The van der Waals surface area contributed by atoms with Crippen molar-refractivity contribution in [1.29, 1.82) is 0 Å². The van der Waals surface area contributed by atoms with Crippen molar-refractivity contribution in [3.63, 3.8) is 0 Å². The first kappa shape index (κ1) is 24.3. The first-order chi connectivity index (χ1) is 15.7. The lowest BCUT2D eigenvalue weighted by Gasteiger charge is -2.37. The fourth-order valence-corrected chi connectivity index (χ4v) is 3.96. The lowest BCUT2D eigenvalue weighted by atomic mass is 10.1. The Balaban J connectivity index is 1.68. The van der Waals surface area contributed by atoms with E-state index in [1.807, 2.05) is 24.8 Å². The summed E-state index contributed by atoms with van der Waals surface area (Å²) in [5.74, 6) is -0.263. The monoisotopic (exact) mass is 474 g/mol. The van der Waals surface area contributed by atoms with E-state index in [1.54, 1.807) is 19.1 Å². The van der Waals surface area contributed by atoms with Crippen molar-refractivity contribution >= 4 is 40.5 Å². The maximum absolute atomic E-state index is 12.6. The highest BCUT2D eigenvalue weighted by atomic mass is 35.5. The zero-order valence-corrected chi connectivity index (χ0v) is 19.6. The third-order valence-corrected chi connectivity index (χ3v) is 5.65. The zero-order valence-electron chi connectivity index (χ0n) is 18.8. The number of benzene rings is 2. The Morgan fingerprint density at radius 2 is 1.85 bits per heavy atom. The molecule has 0 radical (unpaired) electrons. The van der Waals surface area contributed by atoms with Crippen LogP contribution in [0.15, 0.2) is 36.4 Å². The molecule has 0 saturated carbocycles. The minimum Gasteiger partial charge on any atom is -0.487 e. The third kappa shape index (κ3) is 5.73. The van der Waals surface area contributed by atoms with Gasteiger partial charge >= 0.3 is 5.69 Å². The largest absolute Gasteiger partial charge is 0.487 e. The number of hydrogen-bond donors (Lipinski definition) is 1. The van der Waals surface area contributed by atoms with Gasteiger partial charge in [0, 0.05) is 49.4 Å². The lowest BCUT2D eigenvalue weighted by molar-refractivity contribution is -0.385. The second kappa shape index (κ2) is 10.5. The predicted molar refractivity (Wildman–Crippen MR) is 127 cm³/mol. The Morgan fingerprint density at radius 3 is 2.42 bits per heavy atom. The van der Waals surface area contributed by atoms with Gasteiger partial charge in [0.2, 0.25) is 5.91 Å². The molecule has 0 aliphatic carbocycles. The number of piperazine rings is 1. The first-order valence-corrected chi connectivity index (χ1v) is 11.1. The van der Waals surface area contributed by atoms with Gasteiger partial charge in [-0.3, -0.25) is 19.7 Å². The molecule has 1 N–H and O–H groups in total. The molecule has 176 valence electrons. The van der Waals surface area contributed by atoms with Gasteiger partial charge in [0.15, 0.2) is 5.75 Å². The van der Waals surface area contributed by atoms with E-state index in [1.165, 1.54) is 18.2 Å². The summed E-state index contributed by atoms with van der Waals surface area (Å²) in [4.78, 5) is 39.5. The van der Waals surface area contributed by atoms with Crippen molar-refractivity contribution in [3.05, 3.63) is 57.1 Å². The Morgan fingerprint density at radius 1 is 1.15 bits per heavy atom. The Labute approximate surface area is 197 Å². The summed E-state index contributed by atoms with van der Waals surface area (Å²) in [6, 6.07) is 9.27. The molecule has 2 aromatic rings. The van der Waals surface area contributed by atoms with E-state index in [9.17, 15) is 19.7 Å². The second-order valence-electron chi connectivity index (χ2n) is 7.96. The summed E-state index contributed by atoms with van der Waals surface area (Å²) in [6.07, 6.45) is 0. The molecule has 1 aliphatic heterocycles.